The van der Waals surface area contributed by atoms with Gasteiger partial charge in [0.1, 0.15) is 0 Å². The molecular formula is C26H46O. The van der Waals surface area contributed by atoms with E-state index in [1.807, 2.05) is 0 Å². The molecule has 0 N–H and O–H groups in total. The van der Waals surface area contributed by atoms with E-state index in [0.29, 0.717) is 5.41 Å². The lowest BCUT2D eigenvalue weighted by molar-refractivity contribution is 0.0977. The van der Waals surface area contributed by atoms with E-state index in [1.165, 1.54) is 95.5 Å². The molecule has 1 aromatic rings. The maximum atomic E-state index is 5.83. The Hall–Kier alpha value is -0.820. The molecule has 0 aliphatic carbocycles. The summed E-state index contributed by atoms with van der Waals surface area (Å²) < 4.78 is 5.83. The summed E-state index contributed by atoms with van der Waals surface area (Å²) in [6.07, 6.45) is 18.8. The van der Waals surface area contributed by atoms with Crippen LogP contribution in [0.2, 0.25) is 0 Å². The van der Waals surface area contributed by atoms with Crippen LogP contribution in [0.4, 0.5) is 0 Å². The van der Waals surface area contributed by atoms with Gasteiger partial charge >= 0.3 is 0 Å². The van der Waals surface area contributed by atoms with Gasteiger partial charge in [-0.15, -0.1) is 0 Å². The Morgan fingerprint density at radius 1 is 0.667 bits per heavy atom. The molecule has 27 heavy (non-hydrogen) atoms. The van der Waals surface area contributed by atoms with Gasteiger partial charge in [-0.25, -0.2) is 0 Å². The Kier molecular flexibility index (Phi) is 14.5. The van der Waals surface area contributed by atoms with Gasteiger partial charge in [0.15, 0.2) is 0 Å². The molecule has 1 heteroatoms. The molecule has 156 valence electrons. The maximum Gasteiger partial charge on any atom is 0.0471 e. The molecule has 0 heterocycles. The molecular weight excluding hydrogens is 328 g/mol. The van der Waals surface area contributed by atoms with E-state index in [1.54, 1.807) is 0 Å². The average molecular weight is 375 g/mol. The molecule has 0 aliphatic rings. The zero-order valence-electron chi connectivity index (χ0n) is 18.6. The summed E-state index contributed by atoms with van der Waals surface area (Å²) in [6.45, 7) is 8.90. The van der Waals surface area contributed by atoms with E-state index in [2.05, 4.69) is 51.1 Å². The van der Waals surface area contributed by atoms with Crippen molar-refractivity contribution in [2.24, 2.45) is 5.41 Å². The molecule has 0 atom stereocenters. The first-order valence-electron chi connectivity index (χ1n) is 11.8. The highest BCUT2D eigenvalue weighted by molar-refractivity contribution is 5.14. The minimum Gasteiger partial charge on any atom is -0.381 e. The van der Waals surface area contributed by atoms with Gasteiger partial charge in [-0.2, -0.15) is 0 Å². The highest BCUT2D eigenvalue weighted by atomic mass is 16.5. The predicted molar refractivity (Wildman–Crippen MR) is 120 cm³/mol. The zero-order valence-corrected chi connectivity index (χ0v) is 18.6. The van der Waals surface area contributed by atoms with Crippen molar-refractivity contribution < 1.29 is 4.74 Å². The maximum absolute atomic E-state index is 5.83. The van der Waals surface area contributed by atoms with Gasteiger partial charge in [0.05, 0.1) is 0 Å². The van der Waals surface area contributed by atoms with Crippen molar-refractivity contribution in [3.63, 3.8) is 0 Å². The van der Waals surface area contributed by atoms with Crippen LogP contribution in [0, 0.1) is 5.41 Å². The number of rotatable bonds is 18. The largest absolute Gasteiger partial charge is 0.381 e. The highest BCUT2D eigenvalue weighted by Gasteiger charge is 2.15. The second-order valence-corrected chi connectivity index (χ2v) is 9.05. The summed E-state index contributed by atoms with van der Waals surface area (Å²) in [7, 11) is 0. The SMILES string of the molecule is CCCC(C)(C)CCOCCCCCCCCCCCCc1ccccc1. The summed E-state index contributed by atoms with van der Waals surface area (Å²) >= 11 is 0. The second-order valence-electron chi connectivity index (χ2n) is 9.05. The first-order chi connectivity index (χ1) is 13.1. The van der Waals surface area contributed by atoms with Gasteiger partial charge in [-0.05, 0) is 43.1 Å². The Bertz CT molecular complexity index is 423. The van der Waals surface area contributed by atoms with E-state index >= 15 is 0 Å². The van der Waals surface area contributed by atoms with Crippen LogP contribution in [0.5, 0.6) is 0 Å². The van der Waals surface area contributed by atoms with E-state index in [9.17, 15) is 0 Å². The molecule has 0 spiro atoms. The molecule has 0 fully saturated rings. The third-order valence-electron chi connectivity index (χ3n) is 5.70. The molecule has 0 saturated carbocycles. The fourth-order valence-electron chi connectivity index (χ4n) is 3.84. The normalized spacial score (nSPS) is 11.8. The summed E-state index contributed by atoms with van der Waals surface area (Å²) in [5.41, 5.74) is 1.95. The van der Waals surface area contributed by atoms with Gasteiger partial charge in [-0.1, -0.05) is 109 Å². The lowest BCUT2D eigenvalue weighted by Crippen LogP contribution is -2.14. The molecule has 1 aromatic carbocycles. The van der Waals surface area contributed by atoms with Crippen LogP contribution in [-0.4, -0.2) is 13.2 Å². The van der Waals surface area contributed by atoms with Crippen molar-refractivity contribution in [1.29, 1.82) is 0 Å². The van der Waals surface area contributed by atoms with Crippen molar-refractivity contribution in [2.75, 3.05) is 13.2 Å². The van der Waals surface area contributed by atoms with Crippen molar-refractivity contribution in [2.45, 2.75) is 111 Å². The summed E-state index contributed by atoms with van der Waals surface area (Å²) in [4.78, 5) is 0. The summed E-state index contributed by atoms with van der Waals surface area (Å²) in [6, 6.07) is 10.9. The highest BCUT2D eigenvalue weighted by Crippen LogP contribution is 2.26. The monoisotopic (exact) mass is 374 g/mol. The van der Waals surface area contributed by atoms with Crippen LogP contribution < -0.4 is 0 Å². The molecule has 0 saturated heterocycles. The minimum atomic E-state index is 0.455. The van der Waals surface area contributed by atoms with Gasteiger partial charge in [0, 0.05) is 13.2 Å². The predicted octanol–water partition coefficient (Wildman–Crippen LogP) is 8.36. The van der Waals surface area contributed by atoms with E-state index in [-0.39, 0.29) is 0 Å². The van der Waals surface area contributed by atoms with Crippen LogP contribution in [-0.2, 0) is 11.2 Å². The van der Waals surface area contributed by atoms with Crippen molar-refractivity contribution in [3.8, 4) is 0 Å². The van der Waals surface area contributed by atoms with Crippen molar-refractivity contribution >= 4 is 0 Å². The average Bonchev–Trinajstić information content (AvgIpc) is 2.65. The molecule has 0 aromatic heterocycles. The molecule has 0 unspecified atom stereocenters. The van der Waals surface area contributed by atoms with Crippen LogP contribution >= 0.6 is 0 Å². The topological polar surface area (TPSA) is 9.23 Å². The lowest BCUT2D eigenvalue weighted by Gasteiger charge is -2.23. The van der Waals surface area contributed by atoms with Gasteiger partial charge in [0.25, 0.3) is 0 Å². The first-order valence-corrected chi connectivity index (χ1v) is 11.8. The zero-order chi connectivity index (χ0) is 19.6. The Labute approximate surface area is 170 Å². The molecule has 1 nitrogen and oxygen atoms in total. The smallest absolute Gasteiger partial charge is 0.0471 e. The Morgan fingerprint density at radius 2 is 1.22 bits per heavy atom. The Balaban J connectivity index is 1.75. The number of aryl methyl sites for hydroxylation is 1. The fourth-order valence-corrected chi connectivity index (χ4v) is 3.84. The van der Waals surface area contributed by atoms with E-state index < -0.39 is 0 Å². The minimum absolute atomic E-state index is 0.455. The third kappa shape index (κ3) is 14.9. The van der Waals surface area contributed by atoms with Gasteiger partial charge < -0.3 is 4.74 Å². The first kappa shape index (κ1) is 24.2. The molecule has 0 amide bonds. The van der Waals surface area contributed by atoms with E-state index in [4.69, 9.17) is 4.74 Å². The van der Waals surface area contributed by atoms with Crippen molar-refractivity contribution in [1.82, 2.24) is 0 Å². The van der Waals surface area contributed by atoms with Crippen LogP contribution in [0.3, 0.4) is 0 Å². The molecule has 1 rings (SSSR count). The van der Waals surface area contributed by atoms with Gasteiger partial charge in [-0.3, -0.25) is 0 Å². The quantitative estimate of drug-likeness (QED) is 0.234. The number of hydrogen-bond acceptors (Lipinski definition) is 1. The molecule has 0 radical (unpaired) electrons. The number of benzene rings is 1. The number of unbranched alkanes of at least 4 members (excludes halogenated alkanes) is 9. The van der Waals surface area contributed by atoms with Crippen LogP contribution in [0.25, 0.3) is 0 Å². The molecule has 0 bridgehead atoms. The van der Waals surface area contributed by atoms with Crippen molar-refractivity contribution in [3.05, 3.63) is 35.9 Å². The fraction of sp³-hybridized carbons (Fsp3) is 0.769. The standard InChI is InChI=1S/C26H46O/c1-4-21-26(2,3)22-24-27-23-17-12-10-8-6-5-7-9-11-14-18-25-19-15-13-16-20-25/h13,15-16,19-20H,4-12,14,17-18,21-24H2,1-3H3. The van der Waals surface area contributed by atoms with Crippen LogP contribution in [0.15, 0.2) is 30.3 Å². The van der Waals surface area contributed by atoms with E-state index in [0.717, 1.165) is 13.2 Å². The second kappa shape index (κ2) is 16.2. The van der Waals surface area contributed by atoms with Gasteiger partial charge in [0.2, 0.25) is 0 Å². The third-order valence-corrected chi connectivity index (χ3v) is 5.70. The van der Waals surface area contributed by atoms with Crippen LogP contribution in [0.1, 0.15) is 110 Å². The number of ether oxygens (including phenoxy) is 1. The Morgan fingerprint density at radius 3 is 1.81 bits per heavy atom. The summed E-state index contributed by atoms with van der Waals surface area (Å²) in [5, 5.41) is 0. The molecule has 0 aliphatic heterocycles. The lowest BCUT2D eigenvalue weighted by atomic mass is 9.85. The number of hydrogen-bond donors (Lipinski definition) is 0. The summed E-state index contributed by atoms with van der Waals surface area (Å²) in [5.74, 6) is 0.